The lowest BCUT2D eigenvalue weighted by molar-refractivity contribution is 0.102. The first-order chi connectivity index (χ1) is 14.0. The molecule has 0 aliphatic heterocycles. The van der Waals surface area contributed by atoms with Crippen LogP contribution in [0.5, 0.6) is 0 Å². The fraction of sp³-hybridized carbons (Fsp3) is 0. The summed E-state index contributed by atoms with van der Waals surface area (Å²) in [6.45, 7) is 0. The van der Waals surface area contributed by atoms with Gasteiger partial charge in [0.05, 0.1) is 6.20 Å². The van der Waals surface area contributed by atoms with Gasteiger partial charge in [0.25, 0.3) is 15.9 Å². The number of nitrogens with zero attached hydrogens (tertiary/aromatic N) is 1. The summed E-state index contributed by atoms with van der Waals surface area (Å²) >= 11 is 1.13. The van der Waals surface area contributed by atoms with E-state index in [2.05, 4.69) is 15.0 Å². The smallest absolute Gasteiger partial charge is 0.271 e. The van der Waals surface area contributed by atoms with Crippen molar-refractivity contribution in [3.63, 3.8) is 0 Å². The molecule has 2 aromatic heterocycles. The zero-order valence-electron chi connectivity index (χ0n) is 14.9. The van der Waals surface area contributed by atoms with Gasteiger partial charge in [-0.15, -0.1) is 11.3 Å². The van der Waals surface area contributed by atoms with Gasteiger partial charge in [-0.1, -0.05) is 6.07 Å². The van der Waals surface area contributed by atoms with Gasteiger partial charge in [-0.05, 0) is 60.0 Å². The van der Waals surface area contributed by atoms with Crippen LogP contribution in [0.25, 0.3) is 11.3 Å². The Morgan fingerprint density at radius 1 is 0.966 bits per heavy atom. The van der Waals surface area contributed by atoms with E-state index in [1.54, 1.807) is 54.0 Å². The minimum atomic E-state index is -3.62. The topological polar surface area (TPSA) is 101 Å². The van der Waals surface area contributed by atoms with E-state index in [-0.39, 0.29) is 10.1 Å². The van der Waals surface area contributed by atoms with Gasteiger partial charge in [-0.3, -0.25) is 9.52 Å². The normalized spacial score (nSPS) is 11.2. The molecule has 146 valence electrons. The van der Waals surface area contributed by atoms with Crippen LogP contribution in [0.15, 0.2) is 87.3 Å². The molecule has 4 aromatic rings. The van der Waals surface area contributed by atoms with E-state index in [4.69, 9.17) is 4.42 Å². The number of benzene rings is 2. The van der Waals surface area contributed by atoms with Gasteiger partial charge < -0.3 is 9.73 Å². The zero-order valence-corrected chi connectivity index (χ0v) is 16.5. The Morgan fingerprint density at radius 2 is 1.69 bits per heavy atom. The Morgan fingerprint density at radius 3 is 2.31 bits per heavy atom. The van der Waals surface area contributed by atoms with Crippen molar-refractivity contribution in [1.82, 2.24) is 4.98 Å². The number of rotatable bonds is 6. The molecule has 0 saturated carbocycles. The third-order valence-electron chi connectivity index (χ3n) is 4.02. The van der Waals surface area contributed by atoms with Crippen LogP contribution < -0.4 is 10.0 Å². The average Bonchev–Trinajstić information content (AvgIpc) is 3.43. The molecule has 9 heteroatoms. The van der Waals surface area contributed by atoms with E-state index >= 15 is 0 Å². The lowest BCUT2D eigenvalue weighted by Crippen LogP contribution is -2.13. The van der Waals surface area contributed by atoms with Crippen molar-refractivity contribution in [3.8, 4) is 11.3 Å². The van der Waals surface area contributed by atoms with Crippen molar-refractivity contribution in [2.24, 2.45) is 0 Å². The van der Waals surface area contributed by atoms with E-state index < -0.39 is 10.0 Å². The quantitative estimate of drug-likeness (QED) is 0.475. The number of carbonyl (C=O) groups excluding carboxylic acids is 1. The summed E-state index contributed by atoms with van der Waals surface area (Å²) in [4.78, 5) is 16.3. The van der Waals surface area contributed by atoms with E-state index in [1.807, 2.05) is 12.1 Å². The first-order valence-corrected chi connectivity index (χ1v) is 10.8. The van der Waals surface area contributed by atoms with Gasteiger partial charge in [0.2, 0.25) is 0 Å². The Kier molecular flexibility index (Phi) is 5.15. The number of carbonyl (C=O) groups is 1. The number of thiophene rings is 1. The van der Waals surface area contributed by atoms with Crippen LogP contribution in [0.1, 0.15) is 10.4 Å². The van der Waals surface area contributed by atoms with Crippen LogP contribution in [0.4, 0.5) is 11.4 Å². The predicted molar refractivity (Wildman–Crippen MR) is 111 cm³/mol. The van der Waals surface area contributed by atoms with E-state index in [0.717, 1.165) is 16.9 Å². The van der Waals surface area contributed by atoms with Crippen molar-refractivity contribution in [2.75, 3.05) is 10.0 Å². The van der Waals surface area contributed by atoms with E-state index in [9.17, 15) is 13.2 Å². The number of aromatic nitrogens is 1. The lowest BCUT2D eigenvalue weighted by Gasteiger charge is -2.08. The summed E-state index contributed by atoms with van der Waals surface area (Å²) in [6.07, 6.45) is 2.97. The Bertz CT molecular complexity index is 1200. The molecule has 0 fully saturated rings. The second-order valence-corrected chi connectivity index (χ2v) is 8.87. The van der Waals surface area contributed by atoms with Crippen LogP contribution in [0, 0.1) is 0 Å². The van der Waals surface area contributed by atoms with Gasteiger partial charge in [0.1, 0.15) is 4.21 Å². The molecule has 29 heavy (non-hydrogen) atoms. The van der Waals surface area contributed by atoms with Crippen molar-refractivity contribution in [3.05, 3.63) is 84.2 Å². The molecule has 2 heterocycles. The maximum atomic E-state index is 12.4. The lowest BCUT2D eigenvalue weighted by atomic mass is 10.1. The molecule has 0 aliphatic carbocycles. The molecule has 0 atom stereocenters. The standard InChI is InChI=1S/C20H15N3O4S2/c24-20(22-16-7-3-14(4-8-16)18-12-21-13-27-18)15-5-9-17(10-6-15)23-29(25,26)19-2-1-11-28-19/h1-13,23H,(H,22,24). The highest BCUT2D eigenvalue weighted by Gasteiger charge is 2.15. The summed E-state index contributed by atoms with van der Waals surface area (Å²) in [5.74, 6) is 0.341. The highest BCUT2D eigenvalue weighted by atomic mass is 32.2. The Balaban J connectivity index is 1.42. The predicted octanol–water partition coefficient (Wildman–Crippen LogP) is 4.46. The first-order valence-electron chi connectivity index (χ1n) is 8.48. The summed E-state index contributed by atoms with van der Waals surface area (Å²) in [7, 11) is -3.62. The molecule has 4 rings (SSSR count). The van der Waals surface area contributed by atoms with E-state index in [1.165, 1.54) is 12.5 Å². The number of amides is 1. The number of hydrogen-bond donors (Lipinski definition) is 2. The molecule has 2 N–H and O–H groups in total. The van der Waals surface area contributed by atoms with Gasteiger partial charge in [0.15, 0.2) is 12.2 Å². The number of oxazole rings is 1. The Labute approximate surface area is 171 Å². The van der Waals surface area contributed by atoms with Gasteiger partial charge in [0, 0.05) is 22.5 Å². The monoisotopic (exact) mass is 425 g/mol. The molecule has 2 aromatic carbocycles. The molecule has 0 unspecified atom stereocenters. The number of hydrogen-bond acceptors (Lipinski definition) is 6. The highest BCUT2D eigenvalue weighted by molar-refractivity contribution is 7.94. The summed E-state index contributed by atoms with van der Waals surface area (Å²) in [5.41, 5.74) is 2.26. The van der Waals surface area contributed by atoms with Crippen LogP contribution in [-0.4, -0.2) is 19.3 Å². The maximum absolute atomic E-state index is 12.4. The van der Waals surface area contributed by atoms with E-state index in [0.29, 0.717) is 22.7 Å². The van der Waals surface area contributed by atoms with Crippen LogP contribution in [0.3, 0.4) is 0 Å². The molecule has 0 saturated heterocycles. The number of nitrogens with one attached hydrogen (secondary N) is 2. The molecular weight excluding hydrogens is 410 g/mol. The Hall–Kier alpha value is -3.43. The third-order valence-corrected chi connectivity index (χ3v) is 6.80. The fourth-order valence-corrected chi connectivity index (χ4v) is 4.64. The number of anilines is 2. The van der Waals surface area contributed by atoms with Crippen molar-refractivity contribution in [1.29, 1.82) is 0 Å². The third kappa shape index (κ3) is 4.36. The molecular formula is C20H15N3O4S2. The summed E-state index contributed by atoms with van der Waals surface area (Å²) < 4.78 is 32.4. The van der Waals surface area contributed by atoms with Crippen molar-refractivity contribution in [2.45, 2.75) is 4.21 Å². The molecule has 7 nitrogen and oxygen atoms in total. The number of sulfonamides is 1. The molecule has 0 radical (unpaired) electrons. The molecule has 0 aliphatic rings. The SMILES string of the molecule is O=C(Nc1ccc(-c2cnco2)cc1)c1ccc(NS(=O)(=O)c2cccs2)cc1. The largest absolute Gasteiger partial charge is 0.444 e. The fourth-order valence-electron chi connectivity index (χ4n) is 2.59. The highest BCUT2D eigenvalue weighted by Crippen LogP contribution is 2.22. The first kappa shape index (κ1) is 18.9. The average molecular weight is 425 g/mol. The second-order valence-electron chi connectivity index (χ2n) is 6.01. The van der Waals surface area contributed by atoms with Crippen LogP contribution in [0.2, 0.25) is 0 Å². The van der Waals surface area contributed by atoms with Crippen LogP contribution >= 0.6 is 11.3 Å². The minimum absolute atomic E-state index is 0.230. The molecule has 1 amide bonds. The summed E-state index contributed by atoms with van der Waals surface area (Å²) in [6, 6.07) is 16.6. The zero-order chi connectivity index (χ0) is 20.3. The molecule has 0 spiro atoms. The summed E-state index contributed by atoms with van der Waals surface area (Å²) in [5, 5.41) is 4.49. The maximum Gasteiger partial charge on any atom is 0.271 e. The van der Waals surface area contributed by atoms with Gasteiger partial charge >= 0.3 is 0 Å². The minimum Gasteiger partial charge on any atom is -0.444 e. The van der Waals surface area contributed by atoms with Crippen molar-refractivity contribution < 1.29 is 17.6 Å². The van der Waals surface area contributed by atoms with Gasteiger partial charge in [-0.25, -0.2) is 13.4 Å². The second kappa shape index (κ2) is 7.90. The molecule has 0 bridgehead atoms. The van der Waals surface area contributed by atoms with Crippen molar-refractivity contribution >= 4 is 38.6 Å². The van der Waals surface area contributed by atoms with Crippen LogP contribution in [-0.2, 0) is 10.0 Å². The van der Waals surface area contributed by atoms with Gasteiger partial charge in [-0.2, -0.15) is 0 Å².